The second-order valence-corrected chi connectivity index (χ2v) is 6.42. The molecule has 1 saturated carbocycles. The summed E-state index contributed by atoms with van der Waals surface area (Å²) in [4.78, 5) is 24.3. The van der Waals surface area contributed by atoms with Crippen molar-refractivity contribution in [2.45, 2.75) is 26.4 Å². The third-order valence-corrected chi connectivity index (χ3v) is 4.43. The number of carbonyl (C=O) groups excluding carboxylic acids is 2. The molecule has 0 heterocycles. The van der Waals surface area contributed by atoms with Gasteiger partial charge in [-0.05, 0) is 37.5 Å². The number of rotatable bonds is 6. The van der Waals surface area contributed by atoms with Crippen molar-refractivity contribution < 1.29 is 14.3 Å². The molecule has 0 aliphatic heterocycles. The van der Waals surface area contributed by atoms with Gasteiger partial charge in [-0.15, -0.1) is 0 Å². The molecule has 2 amide bonds. The minimum atomic E-state index is -0.910. The van der Waals surface area contributed by atoms with E-state index in [1.54, 1.807) is 19.2 Å². The normalized spacial score (nSPS) is 14.5. The maximum atomic E-state index is 12.4. The van der Waals surface area contributed by atoms with Crippen LogP contribution in [0.15, 0.2) is 48.5 Å². The van der Waals surface area contributed by atoms with Crippen LogP contribution in [0.25, 0.3) is 0 Å². The molecule has 5 heteroatoms. The molecule has 0 saturated heterocycles. The SMILES string of the molecule is CNC(=O)C1(C(=O)Nc2cccc(OCc3cccc(C)c3)c2)CC1. The number of ether oxygens (including phenoxy) is 1. The molecular weight excluding hydrogens is 316 g/mol. The highest BCUT2D eigenvalue weighted by Crippen LogP contribution is 2.46. The summed E-state index contributed by atoms with van der Waals surface area (Å²) in [5.41, 5.74) is 1.99. The molecule has 3 rings (SSSR count). The number of aryl methyl sites for hydroxylation is 1. The molecule has 2 N–H and O–H groups in total. The first-order valence-electron chi connectivity index (χ1n) is 8.35. The molecule has 1 fully saturated rings. The van der Waals surface area contributed by atoms with E-state index < -0.39 is 5.41 Å². The highest BCUT2D eigenvalue weighted by Gasteiger charge is 2.56. The van der Waals surface area contributed by atoms with Crippen molar-refractivity contribution in [1.82, 2.24) is 5.32 Å². The highest BCUT2D eigenvalue weighted by molar-refractivity contribution is 6.13. The van der Waals surface area contributed by atoms with Crippen LogP contribution in [-0.4, -0.2) is 18.9 Å². The van der Waals surface area contributed by atoms with Gasteiger partial charge < -0.3 is 15.4 Å². The van der Waals surface area contributed by atoms with Crippen molar-refractivity contribution in [3.8, 4) is 5.75 Å². The van der Waals surface area contributed by atoms with Crippen molar-refractivity contribution in [3.63, 3.8) is 0 Å². The average Bonchev–Trinajstić information content (AvgIpc) is 3.42. The predicted octanol–water partition coefficient (Wildman–Crippen LogP) is 3.04. The van der Waals surface area contributed by atoms with Gasteiger partial charge in [0.1, 0.15) is 17.8 Å². The van der Waals surface area contributed by atoms with Crippen molar-refractivity contribution in [3.05, 3.63) is 59.7 Å². The lowest BCUT2D eigenvalue weighted by Gasteiger charge is -2.14. The van der Waals surface area contributed by atoms with E-state index in [1.165, 1.54) is 5.56 Å². The van der Waals surface area contributed by atoms with E-state index in [4.69, 9.17) is 4.74 Å². The largest absolute Gasteiger partial charge is 0.489 e. The molecule has 0 atom stereocenters. The highest BCUT2D eigenvalue weighted by atomic mass is 16.5. The number of nitrogens with one attached hydrogen (secondary N) is 2. The van der Waals surface area contributed by atoms with Gasteiger partial charge in [-0.25, -0.2) is 0 Å². The minimum Gasteiger partial charge on any atom is -0.489 e. The van der Waals surface area contributed by atoms with E-state index in [2.05, 4.69) is 16.7 Å². The van der Waals surface area contributed by atoms with Crippen LogP contribution < -0.4 is 15.4 Å². The van der Waals surface area contributed by atoms with E-state index in [0.717, 1.165) is 5.56 Å². The van der Waals surface area contributed by atoms with E-state index >= 15 is 0 Å². The molecule has 130 valence electrons. The van der Waals surface area contributed by atoms with Crippen LogP contribution in [0.3, 0.4) is 0 Å². The van der Waals surface area contributed by atoms with Crippen LogP contribution in [0, 0.1) is 12.3 Å². The molecule has 1 aliphatic rings. The van der Waals surface area contributed by atoms with E-state index in [1.807, 2.05) is 37.3 Å². The first kappa shape index (κ1) is 17.0. The number of carbonyl (C=O) groups is 2. The standard InChI is InChI=1S/C20H22N2O3/c1-14-5-3-6-15(11-14)13-25-17-8-4-7-16(12-17)22-19(24)20(9-10-20)18(23)21-2/h3-8,11-12H,9-10,13H2,1-2H3,(H,21,23)(H,22,24). The van der Waals surface area contributed by atoms with Crippen molar-refractivity contribution in [2.24, 2.45) is 5.41 Å². The Morgan fingerprint density at radius 3 is 2.52 bits per heavy atom. The molecule has 0 aromatic heterocycles. The molecule has 0 spiro atoms. The van der Waals surface area contributed by atoms with Gasteiger partial charge in [0.25, 0.3) is 0 Å². The van der Waals surface area contributed by atoms with E-state index in [0.29, 0.717) is 30.9 Å². The summed E-state index contributed by atoms with van der Waals surface area (Å²) in [5, 5.41) is 5.39. The lowest BCUT2D eigenvalue weighted by molar-refractivity contribution is -0.134. The summed E-state index contributed by atoms with van der Waals surface area (Å²) in [6.45, 7) is 2.50. The van der Waals surface area contributed by atoms with Crippen LogP contribution in [-0.2, 0) is 16.2 Å². The molecule has 1 aliphatic carbocycles. The summed E-state index contributed by atoms with van der Waals surface area (Å²) in [6, 6.07) is 15.4. The van der Waals surface area contributed by atoms with Crippen LogP contribution in [0.2, 0.25) is 0 Å². The average molecular weight is 338 g/mol. The van der Waals surface area contributed by atoms with Gasteiger partial charge >= 0.3 is 0 Å². The third kappa shape index (κ3) is 3.82. The minimum absolute atomic E-state index is 0.225. The van der Waals surface area contributed by atoms with Gasteiger partial charge in [0, 0.05) is 18.8 Å². The number of hydrogen-bond acceptors (Lipinski definition) is 3. The summed E-state index contributed by atoms with van der Waals surface area (Å²) in [6.07, 6.45) is 1.17. The summed E-state index contributed by atoms with van der Waals surface area (Å²) < 4.78 is 5.81. The van der Waals surface area contributed by atoms with E-state index in [-0.39, 0.29) is 11.8 Å². The van der Waals surface area contributed by atoms with Gasteiger partial charge in [0.2, 0.25) is 11.8 Å². The van der Waals surface area contributed by atoms with Gasteiger partial charge in [0.15, 0.2) is 0 Å². The first-order valence-corrected chi connectivity index (χ1v) is 8.35. The van der Waals surface area contributed by atoms with Crippen molar-refractivity contribution in [2.75, 3.05) is 12.4 Å². The topological polar surface area (TPSA) is 67.4 Å². The fourth-order valence-electron chi connectivity index (χ4n) is 2.80. The zero-order chi connectivity index (χ0) is 17.9. The van der Waals surface area contributed by atoms with Crippen LogP contribution in [0.5, 0.6) is 5.75 Å². The maximum Gasteiger partial charge on any atom is 0.240 e. The van der Waals surface area contributed by atoms with Crippen molar-refractivity contribution >= 4 is 17.5 Å². The van der Waals surface area contributed by atoms with Crippen molar-refractivity contribution in [1.29, 1.82) is 0 Å². The maximum absolute atomic E-state index is 12.4. The lowest BCUT2D eigenvalue weighted by Crippen LogP contribution is -2.38. The Hall–Kier alpha value is -2.82. The Kier molecular flexibility index (Phi) is 4.74. The molecule has 0 unspecified atom stereocenters. The third-order valence-electron chi connectivity index (χ3n) is 4.43. The first-order chi connectivity index (χ1) is 12.0. The molecule has 5 nitrogen and oxygen atoms in total. The van der Waals surface area contributed by atoms with Gasteiger partial charge in [-0.3, -0.25) is 9.59 Å². The Labute approximate surface area is 147 Å². The number of anilines is 1. The zero-order valence-electron chi connectivity index (χ0n) is 14.5. The van der Waals surface area contributed by atoms with Crippen LogP contribution in [0.4, 0.5) is 5.69 Å². The van der Waals surface area contributed by atoms with E-state index in [9.17, 15) is 9.59 Å². The molecule has 2 aromatic rings. The quantitative estimate of drug-likeness (QED) is 0.796. The van der Waals surface area contributed by atoms with Crippen LogP contribution in [0.1, 0.15) is 24.0 Å². The van der Waals surface area contributed by atoms with Gasteiger partial charge in [-0.1, -0.05) is 35.9 Å². The Morgan fingerprint density at radius 1 is 1.08 bits per heavy atom. The summed E-state index contributed by atoms with van der Waals surface area (Å²) >= 11 is 0. The fourth-order valence-corrected chi connectivity index (χ4v) is 2.80. The second kappa shape index (κ2) is 6.97. The Morgan fingerprint density at radius 2 is 1.84 bits per heavy atom. The van der Waals surface area contributed by atoms with Crippen LogP contribution >= 0.6 is 0 Å². The second-order valence-electron chi connectivity index (χ2n) is 6.42. The zero-order valence-corrected chi connectivity index (χ0v) is 14.5. The monoisotopic (exact) mass is 338 g/mol. The number of benzene rings is 2. The Balaban J connectivity index is 1.64. The van der Waals surface area contributed by atoms with Gasteiger partial charge in [0.05, 0.1) is 0 Å². The lowest BCUT2D eigenvalue weighted by atomic mass is 10.1. The predicted molar refractivity (Wildman–Crippen MR) is 96.3 cm³/mol. The number of hydrogen-bond donors (Lipinski definition) is 2. The smallest absolute Gasteiger partial charge is 0.240 e. The molecule has 0 bridgehead atoms. The molecular formula is C20H22N2O3. The molecule has 25 heavy (non-hydrogen) atoms. The Bertz CT molecular complexity index is 797. The summed E-state index contributed by atoms with van der Waals surface area (Å²) in [7, 11) is 1.55. The molecule has 2 aromatic carbocycles. The number of amides is 2. The fraction of sp³-hybridized carbons (Fsp3) is 0.300. The molecule has 0 radical (unpaired) electrons. The van der Waals surface area contributed by atoms with Gasteiger partial charge in [-0.2, -0.15) is 0 Å². The summed E-state index contributed by atoms with van der Waals surface area (Å²) in [5.74, 6) is 0.184.